The molecule has 5 heterocycles. The summed E-state index contributed by atoms with van der Waals surface area (Å²) in [6.45, 7) is 0. The number of fused-ring (bicyclic) bond motifs is 3. The fraction of sp³-hybridized carbons (Fsp3) is 0.391. The molecular formula is C23H25N5OS2. The number of thiazole rings is 1. The molecule has 0 saturated carbocycles. The van der Waals surface area contributed by atoms with E-state index >= 15 is 0 Å². The lowest BCUT2D eigenvalue weighted by atomic mass is 9.97. The highest BCUT2D eigenvalue weighted by molar-refractivity contribution is 7.30. The number of hydrogen-bond acceptors (Lipinski definition) is 7. The van der Waals surface area contributed by atoms with Crippen LogP contribution >= 0.6 is 22.7 Å². The monoisotopic (exact) mass is 451 g/mol. The lowest BCUT2D eigenvalue weighted by Gasteiger charge is -2.40. The Morgan fingerprint density at radius 3 is 2.61 bits per heavy atom. The van der Waals surface area contributed by atoms with Crippen molar-refractivity contribution in [3.05, 3.63) is 36.7 Å². The molecule has 0 radical (unpaired) electrons. The predicted octanol–water partition coefficient (Wildman–Crippen LogP) is 5.18. The molecule has 2 bridgehead atoms. The fourth-order valence-electron chi connectivity index (χ4n) is 5.19. The minimum atomic E-state index is 0.249. The van der Waals surface area contributed by atoms with E-state index in [1.165, 1.54) is 35.4 Å². The van der Waals surface area contributed by atoms with Gasteiger partial charge in [-0.05, 0) is 56.5 Å². The molecule has 2 atom stereocenters. The highest BCUT2D eigenvalue weighted by Crippen LogP contribution is 2.44. The molecule has 2 aliphatic heterocycles. The van der Waals surface area contributed by atoms with Gasteiger partial charge in [-0.1, -0.05) is 17.4 Å². The number of thiophene rings is 1. The summed E-state index contributed by atoms with van der Waals surface area (Å²) in [5.41, 5.74) is 2.67. The van der Waals surface area contributed by atoms with Gasteiger partial charge in [-0.3, -0.25) is 5.10 Å². The Labute approximate surface area is 189 Å². The predicted molar refractivity (Wildman–Crippen MR) is 128 cm³/mol. The lowest BCUT2D eigenvalue weighted by Crippen LogP contribution is -2.47. The summed E-state index contributed by atoms with van der Waals surface area (Å²) in [6.07, 6.45) is 8.77. The summed E-state index contributed by atoms with van der Waals surface area (Å²) in [5, 5.41) is 19.6. The molecule has 2 N–H and O–H groups in total. The van der Waals surface area contributed by atoms with Crippen molar-refractivity contribution in [3.8, 4) is 27.4 Å². The van der Waals surface area contributed by atoms with Crippen molar-refractivity contribution in [3.63, 3.8) is 0 Å². The summed E-state index contributed by atoms with van der Waals surface area (Å²) < 4.78 is 1.19. The maximum Gasteiger partial charge on any atom is 0.137 e. The molecule has 0 aliphatic carbocycles. The van der Waals surface area contributed by atoms with Gasteiger partial charge in [-0.25, -0.2) is 4.98 Å². The van der Waals surface area contributed by atoms with Crippen molar-refractivity contribution in [2.75, 3.05) is 19.0 Å². The molecule has 2 fully saturated rings. The van der Waals surface area contributed by atoms with Crippen LogP contribution in [0.4, 0.5) is 5.00 Å². The number of aromatic hydroxyl groups is 1. The number of piperidine rings is 1. The van der Waals surface area contributed by atoms with Gasteiger partial charge in [-0.15, -0.1) is 11.3 Å². The van der Waals surface area contributed by atoms with Crippen LogP contribution in [0.25, 0.3) is 31.2 Å². The van der Waals surface area contributed by atoms with Gasteiger partial charge in [0.15, 0.2) is 0 Å². The van der Waals surface area contributed by atoms with Gasteiger partial charge in [-0.2, -0.15) is 5.10 Å². The van der Waals surface area contributed by atoms with E-state index in [1.54, 1.807) is 34.9 Å². The van der Waals surface area contributed by atoms with Gasteiger partial charge in [0.2, 0.25) is 0 Å². The zero-order chi connectivity index (χ0) is 21.1. The summed E-state index contributed by atoms with van der Waals surface area (Å²) >= 11 is 3.42. The van der Waals surface area contributed by atoms with Crippen LogP contribution in [0, 0.1) is 0 Å². The van der Waals surface area contributed by atoms with E-state index < -0.39 is 0 Å². The van der Waals surface area contributed by atoms with Crippen molar-refractivity contribution < 1.29 is 5.11 Å². The van der Waals surface area contributed by atoms with Crippen LogP contribution in [0.2, 0.25) is 0 Å². The molecule has 0 spiro atoms. The number of phenolic OH excluding ortho intramolecular Hbond substituents is 1. The van der Waals surface area contributed by atoms with Crippen molar-refractivity contribution in [2.45, 2.75) is 43.8 Å². The zero-order valence-electron chi connectivity index (χ0n) is 17.6. The molecule has 6 nitrogen and oxygen atoms in total. The van der Waals surface area contributed by atoms with Gasteiger partial charge < -0.3 is 14.9 Å². The van der Waals surface area contributed by atoms with Crippen LogP contribution in [0.15, 0.2) is 36.7 Å². The summed E-state index contributed by atoms with van der Waals surface area (Å²) in [7, 11) is 4.54. The standard InChI is InChI=1S/C23H25N5OS2/c1-27-15-4-5-16(27)9-17(8-15)28(2)21-10-20-23(31-21)26-22(30-20)18-6-3-13(7-19(18)29)14-11-24-25-12-14/h3,6-7,10-12,15-17,29H,4-5,8-9H2,1-2H3,(H,24,25). The summed E-state index contributed by atoms with van der Waals surface area (Å²) in [5.74, 6) is 0.249. The minimum Gasteiger partial charge on any atom is -0.507 e. The first-order valence-electron chi connectivity index (χ1n) is 10.7. The molecule has 8 heteroatoms. The second-order valence-electron chi connectivity index (χ2n) is 8.78. The SMILES string of the molecule is CN(c1cc2sc(-c3ccc(-c4cn[nH]c4)cc3O)nc2s1)C1CC2CCC(C1)N2C. The van der Waals surface area contributed by atoms with Gasteiger partial charge in [0.25, 0.3) is 0 Å². The molecule has 4 aromatic rings. The third-order valence-corrected chi connectivity index (χ3v) is 9.39. The van der Waals surface area contributed by atoms with Gasteiger partial charge in [0.05, 0.1) is 21.5 Å². The van der Waals surface area contributed by atoms with E-state index in [0.29, 0.717) is 6.04 Å². The number of benzene rings is 1. The Hall–Kier alpha value is -2.42. The second kappa shape index (κ2) is 7.32. The van der Waals surface area contributed by atoms with Crippen molar-refractivity contribution in [1.82, 2.24) is 20.1 Å². The number of rotatable bonds is 4. The normalized spacial score (nSPS) is 23.6. The van der Waals surface area contributed by atoms with Crippen molar-refractivity contribution in [1.29, 1.82) is 0 Å². The number of phenols is 1. The molecule has 1 aromatic carbocycles. The quantitative estimate of drug-likeness (QED) is 0.447. The maximum atomic E-state index is 10.6. The molecule has 31 heavy (non-hydrogen) atoms. The summed E-state index contributed by atoms with van der Waals surface area (Å²) in [4.78, 5) is 11.0. The smallest absolute Gasteiger partial charge is 0.137 e. The molecule has 2 saturated heterocycles. The Morgan fingerprint density at radius 2 is 1.94 bits per heavy atom. The first-order chi connectivity index (χ1) is 15.1. The zero-order valence-corrected chi connectivity index (χ0v) is 19.2. The number of aromatic nitrogens is 3. The second-order valence-corrected chi connectivity index (χ2v) is 10.8. The fourth-order valence-corrected chi connectivity index (χ4v) is 7.47. The van der Waals surface area contributed by atoms with Crippen LogP contribution in [0.5, 0.6) is 5.75 Å². The van der Waals surface area contributed by atoms with Crippen LogP contribution in [-0.4, -0.2) is 57.4 Å². The van der Waals surface area contributed by atoms with E-state index in [2.05, 4.69) is 40.2 Å². The van der Waals surface area contributed by atoms with Crippen LogP contribution in [-0.2, 0) is 0 Å². The van der Waals surface area contributed by atoms with Gasteiger partial charge in [0, 0.05) is 36.9 Å². The van der Waals surface area contributed by atoms with Crippen LogP contribution < -0.4 is 4.90 Å². The number of aromatic amines is 1. The maximum absolute atomic E-state index is 10.6. The van der Waals surface area contributed by atoms with Crippen molar-refractivity contribution in [2.24, 2.45) is 0 Å². The largest absolute Gasteiger partial charge is 0.507 e. The van der Waals surface area contributed by atoms with E-state index in [4.69, 9.17) is 4.98 Å². The third-order valence-electron chi connectivity index (χ3n) is 7.10. The highest BCUT2D eigenvalue weighted by Gasteiger charge is 2.40. The van der Waals surface area contributed by atoms with Crippen molar-refractivity contribution >= 4 is 37.2 Å². The molecule has 160 valence electrons. The number of anilines is 1. The number of nitrogens with zero attached hydrogens (tertiary/aromatic N) is 4. The van der Waals surface area contributed by atoms with Gasteiger partial charge in [0.1, 0.15) is 15.6 Å². The molecule has 2 aliphatic rings. The van der Waals surface area contributed by atoms with E-state index in [-0.39, 0.29) is 5.75 Å². The third kappa shape index (κ3) is 3.24. The first-order valence-corrected chi connectivity index (χ1v) is 12.4. The number of nitrogens with one attached hydrogen (secondary N) is 1. The Bertz CT molecular complexity index is 1180. The average molecular weight is 452 g/mol. The average Bonchev–Trinajstić information content (AvgIpc) is 3.51. The molecular weight excluding hydrogens is 426 g/mol. The van der Waals surface area contributed by atoms with E-state index in [1.807, 2.05) is 18.3 Å². The molecule has 3 aromatic heterocycles. The Morgan fingerprint density at radius 1 is 1.13 bits per heavy atom. The topological polar surface area (TPSA) is 68.3 Å². The van der Waals surface area contributed by atoms with Crippen LogP contribution in [0.1, 0.15) is 25.7 Å². The van der Waals surface area contributed by atoms with E-state index in [9.17, 15) is 5.11 Å². The van der Waals surface area contributed by atoms with Gasteiger partial charge >= 0.3 is 0 Å². The number of H-pyrrole nitrogens is 1. The Kier molecular flexibility index (Phi) is 4.55. The lowest BCUT2D eigenvalue weighted by molar-refractivity contribution is 0.161. The summed E-state index contributed by atoms with van der Waals surface area (Å²) in [6, 6.07) is 10.1. The minimum absolute atomic E-state index is 0.249. The molecule has 2 unspecified atom stereocenters. The van der Waals surface area contributed by atoms with E-state index in [0.717, 1.165) is 38.6 Å². The number of hydrogen-bond donors (Lipinski definition) is 2. The van der Waals surface area contributed by atoms with Crippen LogP contribution in [0.3, 0.4) is 0 Å². The molecule has 6 rings (SSSR count). The molecule has 0 amide bonds. The first kappa shape index (κ1) is 19.3. The Balaban J connectivity index is 1.25. The highest BCUT2D eigenvalue weighted by atomic mass is 32.1.